The highest BCUT2D eigenvalue weighted by Gasteiger charge is 2.18. The lowest BCUT2D eigenvalue weighted by molar-refractivity contribution is 0.145. The van der Waals surface area contributed by atoms with E-state index in [-0.39, 0.29) is 15.7 Å². The van der Waals surface area contributed by atoms with E-state index in [1.165, 1.54) is 0 Å². The third kappa shape index (κ3) is 2.15. The summed E-state index contributed by atoms with van der Waals surface area (Å²) in [6.07, 6.45) is -2.19. The van der Waals surface area contributed by atoms with Gasteiger partial charge in [-0.1, -0.05) is 0 Å². The summed E-state index contributed by atoms with van der Waals surface area (Å²) in [5, 5.41) is 8.35. The molecule has 0 bridgehead atoms. The van der Waals surface area contributed by atoms with Crippen molar-refractivity contribution in [1.82, 2.24) is 4.98 Å². The number of alkyl halides is 2. The van der Waals surface area contributed by atoms with Crippen molar-refractivity contribution in [3.05, 3.63) is 26.8 Å². The van der Waals surface area contributed by atoms with E-state index in [4.69, 9.17) is 5.26 Å². The minimum atomic E-state index is -2.88. The molecule has 0 radical (unpaired) electrons. The molecule has 0 fully saturated rings. The summed E-state index contributed by atoms with van der Waals surface area (Å²) in [4.78, 5) is 3.60. The zero-order valence-electron chi connectivity index (χ0n) is 6.77. The van der Waals surface area contributed by atoms with Crippen LogP contribution in [0.15, 0.2) is 6.20 Å². The SMILES string of the molecule is N#CCc1ncc(C(F)F)c(F)c1I. The fourth-order valence-electron chi connectivity index (χ4n) is 0.864. The van der Waals surface area contributed by atoms with Crippen LogP contribution in [0.25, 0.3) is 0 Å². The highest BCUT2D eigenvalue weighted by Crippen LogP contribution is 2.25. The van der Waals surface area contributed by atoms with Gasteiger partial charge in [-0.3, -0.25) is 4.98 Å². The summed E-state index contributed by atoms with van der Waals surface area (Å²) < 4.78 is 37.5. The molecule has 0 N–H and O–H groups in total. The van der Waals surface area contributed by atoms with Crippen molar-refractivity contribution in [3.63, 3.8) is 0 Å². The lowest BCUT2D eigenvalue weighted by atomic mass is 10.2. The monoisotopic (exact) mass is 312 g/mol. The molecule has 0 spiro atoms. The number of hydrogen-bond donors (Lipinski definition) is 0. The van der Waals surface area contributed by atoms with E-state index in [2.05, 4.69) is 4.98 Å². The highest BCUT2D eigenvalue weighted by molar-refractivity contribution is 14.1. The molecule has 1 rings (SSSR count). The molecule has 1 heterocycles. The molecule has 0 saturated heterocycles. The first-order valence-electron chi connectivity index (χ1n) is 3.55. The minimum Gasteiger partial charge on any atom is -0.258 e. The Hall–Kier alpha value is -0.840. The average molecular weight is 312 g/mol. The van der Waals surface area contributed by atoms with Gasteiger partial charge in [0.2, 0.25) is 0 Å². The van der Waals surface area contributed by atoms with Gasteiger partial charge in [0.15, 0.2) is 0 Å². The van der Waals surface area contributed by atoms with Gasteiger partial charge >= 0.3 is 0 Å². The first kappa shape index (κ1) is 11.2. The third-order valence-corrected chi connectivity index (χ3v) is 2.64. The second kappa shape index (κ2) is 4.59. The lowest BCUT2D eigenvalue weighted by Gasteiger charge is -2.05. The average Bonchev–Trinajstić information content (AvgIpc) is 2.13. The molecule has 0 saturated carbocycles. The van der Waals surface area contributed by atoms with E-state index in [0.717, 1.165) is 6.20 Å². The van der Waals surface area contributed by atoms with Gasteiger partial charge in [-0.25, -0.2) is 13.2 Å². The summed E-state index contributed by atoms with van der Waals surface area (Å²) in [7, 11) is 0. The van der Waals surface area contributed by atoms with Crippen LogP contribution in [0, 0.1) is 20.7 Å². The summed E-state index contributed by atoms with van der Waals surface area (Å²) in [5.41, 5.74) is -0.536. The van der Waals surface area contributed by atoms with Crippen molar-refractivity contribution in [2.24, 2.45) is 0 Å². The topological polar surface area (TPSA) is 36.7 Å². The molecule has 1 aromatic heterocycles. The largest absolute Gasteiger partial charge is 0.268 e. The number of aromatic nitrogens is 1. The van der Waals surface area contributed by atoms with Crippen LogP contribution in [0.1, 0.15) is 17.7 Å². The molecule has 14 heavy (non-hydrogen) atoms. The van der Waals surface area contributed by atoms with E-state index in [1.54, 1.807) is 28.7 Å². The Morgan fingerprint density at radius 2 is 2.21 bits per heavy atom. The number of pyridine rings is 1. The fraction of sp³-hybridized carbons (Fsp3) is 0.250. The van der Waals surface area contributed by atoms with Crippen LogP contribution in [-0.4, -0.2) is 4.98 Å². The second-order valence-corrected chi connectivity index (χ2v) is 3.50. The van der Waals surface area contributed by atoms with Gasteiger partial charge in [0.05, 0.1) is 27.3 Å². The van der Waals surface area contributed by atoms with Crippen molar-refractivity contribution in [3.8, 4) is 6.07 Å². The minimum absolute atomic E-state index is 0.0121. The van der Waals surface area contributed by atoms with Crippen LogP contribution in [0.3, 0.4) is 0 Å². The Morgan fingerprint density at radius 1 is 1.57 bits per heavy atom. The van der Waals surface area contributed by atoms with Gasteiger partial charge in [0.1, 0.15) is 5.82 Å². The number of nitriles is 1. The van der Waals surface area contributed by atoms with Crippen molar-refractivity contribution in [1.29, 1.82) is 5.26 Å². The van der Waals surface area contributed by atoms with Crippen LogP contribution in [-0.2, 0) is 6.42 Å². The second-order valence-electron chi connectivity index (χ2n) is 2.42. The molecule has 0 aliphatic heterocycles. The van der Waals surface area contributed by atoms with Gasteiger partial charge in [0.25, 0.3) is 6.43 Å². The van der Waals surface area contributed by atoms with Gasteiger partial charge in [0, 0.05) is 6.20 Å². The van der Waals surface area contributed by atoms with Crippen molar-refractivity contribution >= 4 is 22.6 Å². The molecule has 0 aliphatic rings. The molecule has 2 nitrogen and oxygen atoms in total. The predicted molar refractivity (Wildman–Crippen MR) is 51.2 cm³/mol. The molecule has 0 aromatic carbocycles. The van der Waals surface area contributed by atoms with E-state index < -0.39 is 17.8 Å². The molecule has 0 atom stereocenters. The Kier molecular flexibility index (Phi) is 3.69. The zero-order valence-corrected chi connectivity index (χ0v) is 8.93. The van der Waals surface area contributed by atoms with Gasteiger partial charge in [-0.15, -0.1) is 0 Å². The smallest absolute Gasteiger partial charge is 0.258 e. The van der Waals surface area contributed by atoms with Gasteiger partial charge < -0.3 is 0 Å². The summed E-state index contributed by atoms with van der Waals surface area (Å²) >= 11 is 1.57. The van der Waals surface area contributed by atoms with Crippen molar-refractivity contribution in [2.45, 2.75) is 12.8 Å². The highest BCUT2D eigenvalue weighted by atomic mass is 127. The molecule has 0 aliphatic carbocycles. The Labute approximate surface area is 91.9 Å². The van der Waals surface area contributed by atoms with Crippen LogP contribution in [0.5, 0.6) is 0 Å². The maximum atomic E-state index is 13.2. The van der Waals surface area contributed by atoms with Crippen molar-refractivity contribution < 1.29 is 13.2 Å². The third-order valence-electron chi connectivity index (χ3n) is 1.54. The maximum absolute atomic E-state index is 13.2. The Bertz CT molecular complexity index is 387. The lowest BCUT2D eigenvalue weighted by Crippen LogP contribution is -2.01. The summed E-state index contributed by atoms with van der Waals surface area (Å²) in [6, 6.07) is 1.78. The van der Waals surface area contributed by atoms with Crippen molar-refractivity contribution in [2.75, 3.05) is 0 Å². The molecular weight excluding hydrogens is 308 g/mol. The van der Waals surface area contributed by atoms with E-state index in [9.17, 15) is 13.2 Å². The molecular formula is C8H4F3IN2. The standard InChI is InChI=1S/C8H4F3IN2/c9-6-4(8(10)11)3-14-5(1-2-13)7(6)12/h3,8H,1H2. The van der Waals surface area contributed by atoms with Crippen LogP contribution in [0.2, 0.25) is 0 Å². The molecule has 1 aromatic rings. The predicted octanol–water partition coefficient (Wildman–Crippen LogP) is 2.83. The first-order valence-corrected chi connectivity index (χ1v) is 4.63. The number of nitrogens with zero attached hydrogens (tertiary/aromatic N) is 2. The molecule has 0 unspecified atom stereocenters. The summed E-state index contributed by atoms with van der Waals surface area (Å²) in [6.45, 7) is 0. The number of halogens is 4. The van der Waals surface area contributed by atoms with Crippen LogP contribution >= 0.6 is 22.6 Å². The van der Waals surface area contributed by atoms with Gasteiger partial charge in [-0.05, 0) is 22.6 Å². The Balaban J connectivity index is 3.20. The van der Waals surface area contributed by atoms with Crippen LogP contribution < -0.4 is 0 Å². The van der Waals surface area contributed by atoms with E-state index in [0.29, 0.717) is 0 Å². The Morgan fingerprint density at radius 3 is 2.71 bits per heavy atom. The normalized spacial score (nSPS) is 10.3. The van der Waals surface area contributed by atoms with E-state index in [1.807, 2.05) is 0 Å². The van der Waals surface area contributed by atoms with Gasteiger partial charge in [-0.2, -0.15) is 5.26 Å². The van der Waals surface area contributed by atoms with E-state index >= 15 is 0 Å². The maximum Gasteiger partial charge on any atom is 0.268 e. The molecule has 0 amide bonds. The molecule has 6 heteroatoms. The molecule has 74 valence electrons. The number of rotatable bonds is 2. The quantitative estimate of drug-likeness (QED) is 0.788. The first-order chi connectivity index (χ1) is 6.57. The fourth-order valence-corrected chi connectivity index (χ4v) is 1.51. The van der Waals surface area contributed by atoms with Crippen LogP contribution in [0.4, 0.5) is 13.2 Å². The number of hydrogen-bond acceptors (Lipinski definition) is 2. The summed E-state index contributed by atoms with van der Waals surface area (Å²) in [5.74, 6) is -0.985. The zero-order chi connectivity index (χ0) is 10.7.